The molecular weight excluding hydrogens is 310 g/mol. The van der Waals surface area contributed by atoms with Crippen LogP contribution in [0.3, 0.4) is 0 Å². The smallest absolute Gasteiger partial charge is 0.321 e. The number of fused-ring (bicyclic) bond motifs is 1. The molecule has 1 heterocycles. The van der Waals surface area contributed by atoms with Crippen molar-refractivity contribution in [1.82, 2.24) is 10.2 Å². The van der Waals surface area contributed by atoms with Gasteiger partial charge in [0.2, 0.25) is 0 Å². The largest absolute Gasteiger partial charge is 0.480 e. The molecule has 24 heavy (non-hydrogen) atoms. The minimum atomic E-state index is -0.819. The van der Waals surface area contributed by atoms with E-state index in [4.69, 9.17) is 15.2 Å². The van der Waals surface area contributed by atoms with Gasteiger partial charge in [-0.05, 0) is 24.5 Å². The summed E-state index contributed by atoms with van der Waals surface area (Å²) in [5, 5.41) is 12.9. The Hall–Kier alpha value is -1.51. The Morgan fingerprint density at radius 3 is 2.62 bits per heavy atom. The van der Waals surface area contributed by atoms with Gasteiger partial charge in [-0.25, -0.2) is 0 Å². The zero-order valence-electron chi connectivity index (χ0n) is 14.4. The Morgan fingerprint density at radius 2 is 2.04 bits per heavy atom. The monoisotopic (exact) mass is 337 g/mol. The van der Waals surface area contributed by atoms with Gasteiger partial charge in [-0.15, -0.1) is 0 Å². The third-order valence-electron chi connectivity index (χ3n) is 4.53. The van der Waals surface area contributed by atoms with Gasteiger partial charge in [0.25, 0.3) is 0 Å². The van der Waals surface area contributed by atoms with Crippen molar-refractivity contribution >= 4 is 5.97 Å². The summed E-state index contributed by atoms with van der Waals surface area (Å²) in [6.07, 6.45) is 0.0220. The minimum Gasteiger partial charge on any atom is -0.480 e. The van der Waals surface area contributed by atoms with E-state index in [0.717, 1.165) is 11.1 Å². The van der Waals surface area contributed by atoms with Crippen LogP contribution < -0.4 is 11.1 Å². The Labute approximate surface area is 142 Å². The standard InChI is InChI=1S/C17H27N3O4/c1-11(19-16(24-3)9-15(18)23-2)20-10-13-7-5-4-6-12(13)8-14(20)17(21)22/h4-7,11,14-16,19H,8-10,18H2,1-3H3,(H,21,22). The van der Waals surface area contributed by atoms with Crippen LogP contribution in [-0.4, -0.2) is 54.9 Å². The summed E-state index contributed by atoms with van der Waals surface area (Å²) in [5.41, 5.74) is 8.05. The van der Waals surface area contributed by atoms with Crippen LogP contribution in [0.15, 0.2) is 24.3 Å². The highest BCUT2D eigenvalue weighted by Crippen LogP contribution is 2.25. The summed E-state index contributed by atoms with van der Waals surface area (Å²) >= 11 is 0. The molecule has 0 saturated carbocycles. The zero-order valence-corrected chi connectivity index (χ0v) is 14.4. The second kappa shape index (κ2) is 8.55. The third kappa shape index (κ3) is 4.52. The fraction of sp³-hybridized carbons (Fsp3) is 0.588. The van der Waals surface area contributed by atoms with Crippen LogP contribution in [0.2, 0.25) is 0 Å². The van der Waals surface area contributed by atoms with Crippen molar-refractivity contribution < 1.29 is 19.4 Å². The SMILES string of the molecule is COC(N)CC(NC(C)N1Cc2ccccc2CC1C(=O)O)OC. The molecule has 1 aromatic rings. The number of hydrogen-bond donors (Lipinski definition) is 3. The van der Waals surface area contributed by atoms with Crippen molar-refractivity contribution in [3.05, 3.63) is 35.4 Å². The average Bonchev–Trinajstić information content (AvgIpc) is 2.59. The van der Waals surface area contributed by atoms with E-state index in [2.05, 4.69) is 5.32 Å². The number of benzene rings is 1. The third-order valence-corrected chi connectivity index (χ3v) is 4.53. The number of ether oxygens (including phenoxy) is 2. The molecule has 1 aromatic carbocycles. The first-order chi connectivity index (χ1) is 11.5. The van der Waals surface area contributed by atoms with Gasteiger partial charge in [0, 0.05) is 27.2 Å². The molecule has 2 rings (SSSR count). The van der Waals surface area contributed by atoms with Crippen LogP contribution in [0.4, 0.5) is 0 Å². The molecule has 4 unspecified atom stereocenters. The summed E-state index contributed by atoms with van der Waals surface area (Å²) < 4.78 is 10.5. The number of carbonyl (C=O) groups is 1. The molecule has 0 spiro atoms. The highest BCUT2D eigenvalue weighted by atomic mass is 16.5. The minimum absolute atomic E-state index is 0.187. The summed E-state index contributed by atoms with van der Waals surface area (Å²) in [6.45, 7) is 2.52. The lowest BCUT2D eigenvalue weighted by Crippen LogP contribution is -2.57. The second-order valence-electron chi connectivity index (χ2n) is 6.08. The van der Waals surface area contributed by atoms with Crippen molar-refractivity contribution in [1.29, 1.82) is 0 Å². The van der Waals surface area contributed by atoms with Crippen LogP contribution in [0, 0.1) is 0 Å². The topological polar surface area (TPSA) is 97.1 Å². The van der Waals surface area contributed by atoms with Crippen LogP contribution in [-0.2, 0) is 27.2 Å². The molecule has 0 radical (unpaired) electrons. The van der Waals surface area contributed by atoms with Gasteiger partial charge in [0.05, 0.1) is 6.17 Å². The Kier molecular flexibility index (Phi) is 6.70. The van der Waals surface area contributed by atoms with E-state index in [1.165, 1.54) is 0 Å². The number of nitrogens with one attached hydrogen (secondary N) is 1. The van der Waals surface area contributed by atoms with Crippen molar-refractivity contribution in [2.24, 2.45) is 5.73 Å². The van der Waals surface area contributed by atoms with Gasteiger partial charge in [0.1, 0.15) is 18.5 Å². The van der Waals surface area contributed by atoms with Crippen LogP contribution in [0.5, 0.6) is 0 Å². The van der Waals surface area contributed by atoms with E-state index in [1.54, 1.807) is 14.2 Å². The van der Waals surface area contributed by atoms with Crippen molar-refractivity contribution in [3.8, 4) is 0 Å². The van der Waals surface area contributed by atoms with E-state index < -0.39 is 18.2 Å². The quantitative estimate of drug-likeness (QED) is 0.602. The van der Waals surface area contributed by atoms with Gasteiger partial charge in [0.15, 0.2) is 0 Å². The number of hydrogen-bond acceptors (Lipinski definition) is 6. The number of carboxylic acids is 1. The molecule has 0 fully saturated rings. The molecule has 0 saturated heterocycles. The highest BCUT2D eigenvalue weighted by Gasteiger charge is 2.34. The van der Waals surface area contributed by atoms with E-state index in [9.17, 15) is 9.90 Å². The molecule has 4 N–H and O–H groups in total. The fourth-order valence-electron chi connectivity index (χ4n) is 3.08. The van der Waals surface area contributed by atoms with Gasteiger partial charge in [-0.2, -0.15) is 0 Å². The summed E-state index contributed by atoms with van der Waals surface area (Å²) in [7, 11) is 3.13. The van der Waals surface area contributed by atoms with Gasteiger partial charge >= 0.3 is 5.97 Å². The maximum absolute atomic E-state index is 11.7. The maximum atomic E-state index is 11.7. The fourth-order valence-corrected chi connectivity index (χ4v) is 3.08. The predicted molar refractivity (Wildman–Crippen MR) is 90.1 cm³/mol. The highest BCUT2D eigenvalue weighted by molar-refractivity contribution is 5.74. The molecule has 0 bridgehead atoms. The number of nitrogens with zero attached hydrogens (tertiary/aromatic N) is 1. The van der Waals surface area contributed by atoms with Crippen molar-refractivity contribution in [3.63, 3.8) is 0 Å². The molecule has 0 amide bonds. The van der Waals surface area contributed by atoms with Gasteiger partial charge < -0.3 is 20.3 Å². The normalized spacial score (nSPS) is 21.8. The molecule has 0 aromatic heterocycles. The Bertz CT molecular complexity index is 554. The van der Waals surface area contributed by atoms with Gasteiger partial charge in [-0.3, -0.25) is 15.0 Å². The van der Waals surface area contributed by atoms with E-state index >= 15 is 0 Å². The van der Waals surface area contributed by atoms with Crippen molar-refractivity contribution in [2.45, 2.75) is 51.0 Å². The number of methoxy groups -OCH3 is 2. The van der Waals surface area contributed by atoms with Crippen LogP contribution in [0.1, 0.15) is 24.5 Å². The maximum Gasteiger partial charge on any atom is 0.321 e. The molecule has 1 aliphatic heterocycles. The Morgan fingerprint density at radius 1 is 1.38 bits per heavy atom. The number of carboxylic acid groups (broad SMARTS) is 1. The summed E-state index contributed by atoms with van der Waals surface area (Å²) in [5.74, 6) is -0.819. The molecule has 1 aliphatic rings. The molecule has 7 heteroatoms. The second-order valence-corrected chi connectivity index (χ2v) is 6.08. The lowest BCUT2D eigenvalue weighted by atomic mass is 9.93. The van der Waals surface area contributed by atoms with E-state index in [-0.39, 0.29) is 12.4 Å². The first-order valence-electron chi connectivity index (χ1n) is 8.08. The number of rotatable bonds is 8. The molecule has 134 valence electrons. The lowest BCUT2D eigenvalue weighted by Gasteiger charge is -2.40. The first kappa shape index (κ1) is 18.8. The number of nitrogens with two attached hydrogens (primary N) is 1. The lowest BCUT2D eigenvalue weighted by molar-refractivity contribution is -0.146. The molecule has 7 nitrogen and oxygen atoms in total. The van der Waals surface area contributed by atoms with Crippen LogP contribution in [0.25, 0.3) is 0 Å². The first-order valence-corrected chi connectivity index (χ1v) is 8.08. The zero-order chi connectivity index (χ0) is 17.7. The molecule has 0 aliphatic carbocycles. The van der Waals surface area contributed by atoms with E-state index in [1.807, 2.05) is 36.1 Å². The number of aliphatic carboxylic acids is 1. The molecule has 4 atom stereocenters. The van der Waals surface area contributed by atoms with Crippen LogP contribution >= 0.6 is 0 Å². The van der Waals surface area contributed by atoms with E-state index in [0.29, 0.717) is 19.4 Å². The summed E-state index contributed by atoms with van der Waals surface area (Å²) in [4.78, 5) is 13.7. The average molecular weight is 337 g/mol. The summed E-state index contributed by atoms with van der Waals surface area (Å²) in [6, 6.07) is 7.39. The molecular formula is C17H27N3O4. The Balaban J connectivity index is 2.11. The van der Waals surface area contributed by atoms with Gasteiger partial charge in [-0.1, -0.05) is 24.3 Å². The predicted octanol–water partition coefficient (Wildman–Crippen LogP) is 0.727. The van der Waals surface area contributed by atoms with Crippen molar-refractivity contribution in [2.75, 3.05) is 14.2 Å².